The van der Waals surface area contributed by atoms with Crippen LogP contribution in [0.3, 0.4) is 0 Å². The molecule has 0 aliphatic heterocycles. The highest BCUT2D eigenvalue weighted by Crippen LogP contribution is 2.13. The van der Waals surface area contributed by atoms with Gasteiger partial charge in [0.15, 0.2) is 0 Å². The maximum Gasteiger partial charge on any atom is 0.269 e. The smallest absolute Gasteiger partial charge is 0.269 e. The summed E-state index contributed by atoms with van der Waals surface area (Å²) < 4.78 is 0.383. The molecule has 0 bridgehead atoms. The van der Waals surface area contributed by atoms with E-state index >= 15 is 0 Å². The molecule has 86 valence electrons. The number of aromatic amines is 2. The minimum Gasteiger partial charge on any atom is -0.282 e. The van der Waals surface area contributed by atoms with Gasteiger partial charge in [-0.05, 0) is 36.0 Å². The van der Waals surface area contributed by atoms with Gasteiger partial charge in [-0.3, -0.25) is 20.3 Å². The van der Waals surface area contributed by atoms with Crippen molar-refractivity contribution in [3.63, 3.8) is 0 Å². The molecule has 0 aliphatic rings. The highest BCUT2D eigenvalue weighted by Gasteiger charge is 2.02. The minimum absolute atomic E-state index is 0.0707. The summed E-state index contributed by atoms with van der Waals surface area (Å²) >= 11 is 4.80. The SMILES string of the molecule is O=[N+]([O-])c1ccc(/C=C/c2nc(=S)[nH][nH]2)cc1. The summed E-state index contributed by atoms with van der Waals surface area (Å²) in [6.45, 7) is 0. The van der Waals surface area contributed by atoms with Crippen LogP contribution in [0.25, 0.3) is 12.2 Å². The van der Waals surface area contributed by atoms with E-state index < -0.39 is 4.92 Å². The number of nitro benzene ring substituents is 1. The molecular formula is C10H8N4O2S. The van der Waals surface area contributed by atoms with E-state index in [0.29, 0.717) is 10.6 Å². The quantitative estimate of drug-likeness (QED) is 0.496. The molecule has 0 saturated heterocycles. The van der Waals surface area contributed by atoms with Crippen molar-refractivity contribution in [2.45, 2.75) is 0 Å². The molecule has 1 heterocycles. The second kappa shape index (κ2) is 4.71. The first-order valence-electron chi connectivity index (χ1n) is 4.72. The Labute approximate surface area is 101 Å². The Morgan fingerprint density at radius 3 is 2.47 bits per heavy atom. The van der Waals surface area contributed by atoms with Crippen molar-refractivity contribution in [2.75, 3.05) is 0 Å². The number of nitrogens with one attached hydrogen (secondary N) is 2. The van der Waals surface area contributed by atoms with Crippen LogP contribution in [-0.4, -0.2) is 20.1 Å². The average Bonchev–Trinajstić information content (AvgIpc) is 2.73. The number of nitrogens with zero attached hydrogens (tertiary/aromatic N) is 2. The summed E-state index contributed by atoms with van der Waals surface area (Å²) in [7, 11) is 0. The van der Waals surface area contributed by atoms with Crippen LogP contribution in [0.2, 0.25) is 0 Å². The van der Waals surface area contributed by atoms with Crippen LogP contribution in [0.15, 0.2) is 24.3 Å². The van der Waals surface area contributed by atoms with Crippen molar-refractivity contribution in [2.24, 2.45) is 0 Å². The number of nitro groups is 1. The lowest BCUT2D eigenvalue weighted by molar-refractivity contribution is -0.384. The monoisotopic (exact) mass is 248 g/mol. The van der Waals surface area contributed by atoms with Gasteiger partial charge in [-0.2, -0.15) is 0 Å². The molecule has 17 heavy (non-hydrogen) atoms. The largest absolute Gasteiger partial charge is 0.282 e. The lowest BCUT2D eigenvalue weighted by Crippen LogP contribution is -1.86. The zero-order valence-corrected chi connectivity index (χ0v) is 9.40. The second-order valence-electron chi connectivity index (χ2n) is 3.23. The normalized spacial score (nSPS) is 10.8. The number of benzene rings is 1. The fourth-order valence-electron chi connectivity index (χ4n) is 1.24. The molecule has 7 heteroatoms. The zero-order chi connectivity index (χ0) is 12.3. The van der Waals surface area contributed by atoms with Gasteiger partial charge in [0.25, 0.3) is 5.69 Å². The van der Waals surface area contributed by atoms with Gasteiger partial charge >= 0.3 is 0 Å². The first kappa shape index (κ1) is 11.2. The second-order valence-corrected chi connectivity index (χ2v) is 3.62. The van der Waals surface area contributed by atoms with Gasteiger partial charge in [-0.1, -0.05) is 6.08 Å². The summed E-state index contributed by atoms with van der Waals surface area (Å²) in [5, 5.41) is 15.9. The fraction of sp³-hybridized carbons (Fsp3) is 0. The fourth-order valence-corrected chi connectivity index (χ4v) is 1.39. The van der Waals surface area contributed by atoms with Gasteiger partial charge < -0.3 is 0 Å². The molecule has 2 rings (SSSR count). The number of non-ortho nitro benzene ring substituents is 1. The standard InChI is InChI=1S/C10H8N4O2S/c15-14(16)8-4-1-7(2-5-8)3-6-9-11-10(17)13-12-9/h1-6H,(H2,11,12,13,17)/b6-3+. The van der Waals surface area contributed by atoms with E-state index in [2.05, 4.69) is 15.2 Å². The topological polar surface area (TPSA) is 87.6 Å². The van der Waals surface area contributed by atoms with E-state index in [1.165, 1.54) is 12.1 Å². The summed E-state index contributed by atoms with van der Waals surface area (Å²) in [4.78, 5) is 14.0. The van der Waals surface area contributed by atoms with Gasteiger partial charge in [-0.15, -0.1) is 0 Å². The number of hydrogen-bond acceptors (Lipinski definition) is 4. The summed E-state index contributed by atoms with van der Waals surface area (Å²) in [6.07, 6.45) is 3.51. The Morgan fingerprint density at radius 2 is 1.94 bits per heavy atom. The summed E-state index contributed by atoms with van der Waals surface area (Å²) in [5.41, 5.74) is 0.916. The third-order valence-electron chi connectivity index (χ3n) is 2.06. The van der Waals surface area contributed by atoms with E-state index in [0.717, 1.165) is 5.56 Å². The molecule has 0 fully saturated rings. The van der Waals surface area contributed by atoms with Gasteiger partial charge in [0.2, 0.25) is 4.77 Å². The van der Waals surface area contributed by atoms with Crippen molar-refractivity contribution >= 4 is 30.1 Å². The Kier molecular flexibility index (Phi) is 3.10. The Bertz CT molecular complexity index is 612. The molecule has 0 spiro atoms. The maximum atomic E-state index is 10.5. The van der Waals surface area contributed by atoms with Crippen molar-refractivity contribution in [1.29, 1.82) is 0 Å². The van der Waals surface area contributed by atoms with Gasteiger partial charge in [0, 0.05) is 12.1 Å². The van der Waals surface area contributed by atoms with Crippen molar-refractivity contribution in [3.8, 4) is 0 Å². The predicted octanol–water partition coefficient (Wildman–Crippen LogP) is 2.55. The molecule has 0 aliphatic carbocycles. The van der Waals surface area contributed by atoms with E-state index in [9.17, 15) is 10.1 Å². The van der Waals surface area contributed by atoms with Crippen molar-refractivity contribution < 1.29 is 4.92 Å². The lowest BCUT2D eigenvalue weighted by Gasteiger charge is -1.92. The predicted molar refractivity (Wildman–Crippen MR) is 65.8 cm³/mol. The number of H-pyrrole nitrogens is 2. The molecule has 0 atom stereocenters. The van der Waals surface area contributed by atoms with Crippen molar-refractivity contribution in [1.82, 2.24) is 15.2 Å². The van der Waals surface area contributed by atoms with E-state index in [1.54, 1.807) is 24.3 Å². The molecule has 0 amide bonds. The van der Waals surface area contributed by atoms with Gasteiger partial charge in [-0.25, -0.2) is 4.98 Å². The highest BCUT2D eigenvalue weighted by molar-refractivity contribution is 7.71. The molecule has 2 aromatic rings. The number of rotatable bonds is 3. The Morgan fingerprint density at radius 1 is 1.24 bits per heavy atom. The first-order valence-corrected chi connectivity index (χ1v) is 5.13. The first-order chi connectivity index (χ1) is 8.15. The van der Waals surface area contributed by atoms with Crippen LogP contribution in [0.1, 0.15) is 11.4 Å². The molecule has 6 nitrogen and oxygen atoms in total. The third-order valence-corrected chi connectivity index (χ3v) is 2.25. The van der Waals surface area contributed by atoms with E-state index in [1.807, 2.05) is 0 Å². The third kappa shape index (κ3) is 2.85. The summed E-state index contributed by atoms with van der Waals surface area (Å²) in [5.74, 6) is 0.605. The van der Waals surface area contributed by atoms with Crippen molar-refractivity contribution in [3.05, 3.63) is 50.5 Å². The molecular weight excluding hydrogens is 240 g/mol. The molecule has 1 aromatic carbocycles. The highest BCUT2D eigenvalue weighted by atomic mass is 32.1. The number of hydrogen-bond donors (Lipinski definition) is 2. The van der Waals surface area contributed by atoms with Crippen LogP contribution < -0.4 is 0 Å². The lowest BCUT2D eigenvalue weighted by atomic mass is 10.2. The van der Waals surface area contributed by atoms with Gasteiger partial charge in [0.05, 0.1) is 4.92 Å². The molecule has 0 saturated carbocycles. The molecule has 1 aromatic heterocycles. The van der Waals surface area contributed by atoms with E-state index in [4.69, 9.17) is 12.2 Å². The Balaban J connectivity index is 2.16. The van der Waals surface area contributed by atoms with E-state index in [-0.39, 0.29) is 5.69 Å². The van der Waals surface area contributed by atoms with Crippen LogP contribution >= 0.6 is 12.2 Å². The van der Waals surface area contributed by atoms with Crippen LogP contribution in [0.5, 0.6) is 0 Å². The maximum absolute atomic E-state index is 10.5. The molecule has 0 radical (unpaired) electrons. The molecule has 2 N–H and O–H groups in total. The average molecular weight is 248 g/mol. The Hall–Kier alpha value is -2.28. The van der Waals surface area contributed by atoms with Crippen LogP contribution in [-0.2, 0) is 0 Å². The zero-order valence-electron chi connectivity index (χ0n) is 8.58. The minimum atomic E-state index is -0.432. The molecule has 0 unspecified atom stereocenters. The van der Waals surface area contributed by atoms with Gasteiger partial charge in [0.1, 0.15) is 5.82 Å². The number of aromatic nitrogens is 3. The summed E-state index contributed by atoms with van der Waals surface area (Å²) in [6, 6.07) is 6.23. The van der Waals surface area contributed by atoms with Crippen LogP contribution in [0.4, 0.5) is 5.69 Å². The van der Waals surface area contributed by atoms with Crippen LogP contribution in [0, 0.1) is 14.9 Å².